The molecule has 0 N–H and O–H groups in total. The van der Waals surface area contributed by atoms with E-state index in [1.54, 1.807) is 4.31 Å². The molecule has 7 heteroatoms. The molecule has 4 fully saturated rings. The molecule has 0 aromatic rings. The molecular formula is C15H24N2O4S. The van der Waals surface area contributed by atoms with Crippen LogP contribution in [0.5, 0.6) is 0 Å². The quantitative estimate of drug-likeness (QED) is 0.766. The predicted octanol–water partition coefficient (Wildman–Crippen LogP) is 0.725. The van der Waals surface area contributed by atoms with Crippen LogP contribution in [0.2, 0.25) is 0 Å². The first kappa shape index (κ1) is 14.9. The van der Waals surface area contributed by atoms with Gasteiger partial charge in [0.2, 0.25) is 15.9 Å². The number of carbonyl (C=O) groups is 1. The number of amides is 1. The highest BCUT2D eigenvalue weighted by atomic mass is 32.2. The van der Waals surface area contributed by atoms with Crippen LogP contribution in [0.4, 0.5) is 0 Å². The van der Waals surface area contributed by atoms with Gasteiger partial charge in [-0.2, -0.15) is 4.31 Å². The fourth-order valence-corrected chi connectivity index (χ4v) is 6.12. The molecule has 3 saturated heterocycles. The summed E-state index contributed by atoms with van der Waals surface area (Å²) in [5.74, 6) is 0.252. The second kappa shape index (κ2) is 5.18. The van der Waals surface area contributed by atoms with Crippen LogP contribution in [-0.4, -0.2) is 66.7 Å². The molecule has 4 aliphatic rings. The molecule has 6 nitrogen and oxygen atoms in total. The summed E-state index contributed by atoms with van der Waals surface area (Å²) in [4.78, 5) is 14.0. The van der Waals surface area contributed by atoms with Crippen LogP contribution < -0.4 is 0 Å². The van der Waals surface area contributed by atoms with Gasteiger partial charge in [-0.15, -0.1) is 0 Å². The molecule has 3 heterocycles. The molecule has 22 heavy (non-hydrogen) atoms. The Balaban J connectivity index is 1.47. The summed E-state index contributed by atoms with van der Waals surface area (Å²) >= 11 is 0. The molecule has 0 bridgehead atoms. The van der Waals surface area contributed by atoms with E-state index < -0.39 is 10.0 Å². The number of likely N-dealkylation sites (tertiary alicyclic amines) is 1. The maximum Gasteiger partial charge on any atom is 0.222 e. The number of hydrogen-bond donors (Lipinski definition) is 0. The molecule has 0 aromatic carbocycles. The van der Waals surface area contributed by atoms with Gasteiger partial charge in [-0.25, -0.2) is 8.42 Å². The SMILES string of the molecule is O=C1CCCN1[C@H]1CCO[C@]2(CCN(S(=O)(=O)C3CC3)C2)C1. The third-order valence-corrected chi connectivity index (χ3v) is 7.95. The molecule has 1 saturated carbocycles. The fraction of sp³-hybridized carbons (Fsp3) is 0.933. The van der Waals surface area contributed by atoms with Crippen molar-refractivity contribution in [2.75, 3.05) is 26.2 Å². The van der Waals surface area contributed by atoms with Crippen LogP contribution in [0.25, 0.3) is 0 Å². The van der Waals surface area contributed by atoms with E-state index in [9.17, 15) is 13.2 Å². The lowest BCUT2D eigenvalue weighted by atomic mass is 9.89. The third kappa shape index (κ3) is 2.47. The van der Waals surface area contributed by atoms with Gasteiger partial charge in [0.25, 0.3) is 0 Å². The molecule has 1 amide bonds. The second-order valence-electron chi connectivity index (χ2n) is 7.20. The number of hydrogen-bond acceptors (Lipinski definition) is 4. The van der Waals surface area contributed by atoms with E-state index in [1.165, 1.54) is 0 Å². The summed E-state index contributed by atoms with van der Waals surface area (Å²) in [5, 5.41) is -0.151. The van der Waals surface area contributed by atoms with Crippen molar-refractivity contribution in [2.45, 2.75) is 61.8 Å². The number of nitrogens with zero attached hydrogens (tertiary/aromatic N) is 2. The van der Waals surface area contributed by atoms with Crippen molar-refractivity contribution in [1.29, 1.82) is 0 Å². The monoisotopic (exact) mass is 328 g/mol. The molecule has 4 rings (SSSR count). The zero-order chi connectivity index (χ0) is 15.4. The Hall–Kier alpha value is -0.660. The Kier molecular flexibility index (Phi) is 3.51. The zero-order valence-electron chi connectivity index (χ0n) is 12.9. The van der Waals surface area contributed by atoms with Crippen molar-refractivity contribution in [3.63, 3.8) is 0 Å². The van der Waals surface area contributed by atoms with Gasteiger partial charge in [-0.1, -0.05) is 0 Å². The first-order valence-corrected chi connectivity index (χ1v) is 9.93. The van der Waals surface area contributed by atoms with Crippen LogP contribution in [0.1, 0.15) is 44.9 Å². The van der Waals surface area contributed by atoms with Gasteiger partial charge in [0.1, 0.15) is 0 Å². The average Bonchev–Trinajstić information content (AvgIpc) is 3.16. The van der Waals surface area contributed by atoms with Crippen LogP contribution in [0, 0.1) is 0 Å². The van der Waals surface area contributed by atoms with Crippen LogP contribution in [0.3, 0.4) is 0 Å². The molecule has 2 atom stereocenters. The minimum atomic E-state index is -3.12. The fourth-order valence-electron chi connectivity index (χ4n) is 4.21. The summed E-state index contributed by atoms with van der Waals surface area (Å²) in [6, 6.07) is 0.229. The Morgan fingerprint density at radius 3 is 2.68 bits per heavy atom. The summed E-state index contributed by atoms with van der Waals surface area (Å²) in [6.07, 6.45) is 5.64. The Morgan fingerprint density at radius 1 is 1.18 bits per heavy atom. The van der Waals surface area contributed by atoms with E-state index in [0.29, 0.717) is 26.1 Å². The van der Waals surface area contributed by atoms with Gasteiger partial charge in [0, 0.05) is 38.7 Å². The average molecular weight is 328 g/mol. The molecular weight excluding hydrogens is 304 g/mol. The Morgan fingerprint density at radius 2 is 2.00 bits per heavy atom. The summed E-state index contributed by atoms with van der Waals surface area (Å²) < 4.78 is 32.5. The van der Waals surface area contributed by atoms with E-state index in [0.717, 1.165) is 45.1 Å². The predicted molar refractivity (Wildman–Crippen MR) is 80.8 cm³/mol. The summed E-state index contributed by atoms with van der Waals surface area (Å²) in [6.45, 7) is 2.53. The van der Waals surface area contributed by atoms with E-state index in [2.05, 4.69) is 0 Å². The molecule has 0 aromatic heterocycles. The largest absolute Gasteiger partial charge is 0.373 e. The lowest BCUT2D eigenvalue weighted by Gasteiger charge is -2.41. The minimum absolute atomic E-state index is 0.151. The lowest BCUT2D eigenvalue weighted by Crippen LogP contribution is -2.50. The van der Waals surface area contributed by atoms with Gasteiger partial charge in [-0.3, -0.25) is 4.79 Å². The van der Waals surface area contributed by atoms with E-state index >= 15 is 0 Å². The second-order valence-corrected chi connectivity index (χ2v) is 9.41. The summed E-state index contributed by atoms with van der Waals surface area (Å²) in [5.41, 5.74) is -0.367. The maximum absolute atomic E-state index is 12.4. The molecule has 0 unspecified atom stereocenters. The van der Waals surface area contributed by atoms with Crippen LogP contribution in [-0.2, 0) is 19.6 Å². The highest BCUT2D eigenvalue weighted by Crippen LogP contribution is 2.40. The van der Waals surface area contributed by atoms with Gasteiger partial charge in [-0.05, 0) is 38.5 Å². The van der Waals surface area contributed by atoms with E-state index in [-0.39, 0.29) is 22.8 Å². The van der Waals surface area contributed by atoms with Crippen molar-refractivity contribution in [3.05, 3.63) is 0 Å². The van der Waals surface area contributed by atoms with Gasteiger partial charge < -0.3 is 9.64 Å². The summed E-state index contributed by atoms with van der Waals surface area (Å²) in [7, 11) is -3.12. The molecule has 1 aliphatic carbocycles. The number of carbonyl (C=O) groups excluding carboxylic acids is 1. The maximum atomic E-state index is 12.4. The Bertz CT molecular complexity index is 574. The van der Waals surface area contributed by atoms with Crippen molar-refractivity contribution in [2.24, 2.45) is 0 Å². The standard InChI is InChI=1S/C15H24N2O4S/c18-14-2-1-7-17(14)12-5-9-21-15(10-12)6-8-16(11-15)22(19,20)13-3-4-13/h12-13H,1-11H2/t12-,15+/m0/s1. The Labute approximate surface area is 131 Å². The molecule has 124 valence electrons. The highest BCUT2D eigenvalue weighted by Gasteiger charge is 2.51. The zero-order valence-corrected chi connectivity index (χ0v) is 13.7. The topological polar surface area (TPSA) is 66.9 Å². The number of sulfonamides is 1. The van der Waals surface area contributed by atoms with Crippen molar-refractivity contribution in [3.8, 4) is 0 Å². The van der Waals surface area contributed by atoms with E-state index in [1.807, 2.05) is 4.90 Å². The normalized spacial score (nSPS) is 37.4. The van der Waals surface area contributed by atoms with Crippen LogP contribution in [0.15, 0.2) is 0 Å². The first-order chi connectivity index (χ1) is 10.5. The van der Waals surface area contributed by atoms with Crippen LogP contribution >= 0.6 is 0 Å². The van der Waals surface area contributed by atoms with Crippen molar-refractivity contribution in [1.82, 2.24) is 9.21 Å². The van der Waals surface area contributed by atoms with Gasteiger partial charge >= 0.3 is 0 Å². The van der Waals surface area contributed by atoms with Crippen molar-refractivity contribution >= 4 is 15.9 Å². The highest BCUT2D eigenvalue weighted by molar-refractivity contribution is 7.90. The van der Waals surface area contributed by atoms with E-state index in [4.69, 9.17) is 4.74 Å². The van der Waals surface area contributed by atoms with Crippen molar-refractivity contribution < 1.29 is 17.9 Å². The smallest absolute Gasteiger partial charge is 0.222 e. The van der Waals surface area contributed by atoms with Gasteiger partial charge in [0.05, 0.1) is 10.9 Å². The molecule has 3 aliphatic heterocycles. The first-order valence-electron chi connectivity index (χ1n) is 8.43. The van der Waals surface area contributed by atoms with Gasteiger partial charge in [0.15, 0.2) is 0 Å². The number of ether oxygens (including phenoxy) is 1. The lowest BCUT2D eigenvalue weighted by molar-refractivity contribution is -0.137. The minimum Gasteiger partial charge on any atom is -0.373 e. The number of rotatable bonds is 3. The molecule has 1 spiro atoms. The third-order valence-electron chi connectivity index (χ3n) is 5.60. The molecule has 0 radical (unpaired) electrons.